The van der Waals surface area contributed by atoms with Crippen LogP contribution in [0.4, 0.5) is 4.39 Å². The van der Waals surface area contributed by atoms with Crippen LogP contribution in [0.5, 0.6) is 5.75 Å². The van der Waals surface area contributed by atoms with Gasteiger partial charge < -0.3 is 0 Å². The van der Waals surface area contributed by atoms with Crippen molar-refractivity contribution in [2.24, 2.45) is 0 Å². The molecule has 1 aliphatic rings. The van der Waals surface area contributed by atoms with E-state index in [1.54, 1.807) is 24.3 Å². The molecule has 0 radical (unpaired) electrons. The molecular weight excluding hydrogens is 597 g/mol. The molecule has 0 amide bonds. The quantitative estimate of drug-likeness (QED) is 0.220. The van der Waals surface area contributed by atoms with Crippen molar-refractivity contribution in [1.29, 1.82) is 0 Å². The normalized spacial score (nSPS) is 15.4. The van der Waals surface area contributed by atoms with Gasteiger partial charge >= 0.3 is 237 Å². The summed E-state index contributed by atoms with van der Waals surface area (Å²) in [5.41, 5.74) is 0.796. The van der Waals surface area contributed by atoms with E-state index in [4.69, 9.17) is 27.9 Å². The molecule has 3 atom stereocenters. The van der Waals surface area contributed by atoms with Crippen LogP contribution in [0.25, 0.3) is 11.1 Å². The van der Waals surface area contributed by atoms with E-state index in [1.807, 2.05) is 30.3 Å². The third kappa shape index (κ3) is 4.67. The summed E-state index contributed by atoms with van der Waals surface area (Å²) in [6, 6.07) is 19.0. The molecular formula is C27H22AsCl2FN2O3S. The van der Waals surface area contributed by atoms with Crippen LogP contribution in [0.15, 0.2) is 81.3 Å². The van der Waals surface area contributed by atoms with Gasteiger partial charge in [-0.25, -0.2) is 0 Å². The Bertz CT molecular complexity index is 1590. The molecule has 0 N–H and O–H groups in total. The van der Waals surface area contributed by atoms with Crippen LogP contribution in [-0.4, -0.2) is 38.8 Å². The number of hydrogen-bond donors (Lipinski definition) is 0. The van der Waals surface area contributed by atoms with Crippen LogP contribution in [0.1, 0.15) is 21.9 Å². The van der Waals surface area contributed by atoms with Gasteiger partial charge in [-0.2, -0.15) is 0 Å². The Hall–Kier alpha value is -2.44. The van der Waals surface area contributed by atoms with Crippen LogP contribution in [0.3, 0.4) is 0 Å². The van der Waals surface area contributed by atoms with Crippen molar-refractivity contribution >= 4 is 51.8 Å². The summed E-state index contributed by atoms with van der Waals surface area (Å²) < 4.78 is 23.3. The summed E-state index contributed by atoms with van der Waals surface area (Å²) in [4.78, 5) is 27.9. The predicted molar refractivity (Wildman–Crippen MR) is 150 cm³/mol. The third-order valence-electron chi connectivity index (χ3n) is 6.41. The standard InChI is InChI=1S/C27H22AsCl2FN2O3S/c1-36-21-12-5-9-16(24(21)31)22-25(34)32(13-17(28)15-7-3-2-4-8-15)27(35)33-20(14-37-26(22)33)23-18(29)10-6-11-19(23)30/h2-12,17,20H,13-14,28H2,1H3. The molecule has 0 saturated carbocycles. The van der Waals surface area contributed by atoms with Gasteiger partial charge in [-0.05, 0) is 0 Å². The van der Waals surface area contributed by atoms with E-state index >= 15 is 4.39 Å². The van der Waals surface area contributed by atoms with Gasteiger partial charge in [0.1, 0.15) is 0 Å². The van der Waals surface area contributed by atoms with E-state index in [-0.39, 0.29) is 28.1 Å². The van der Waals surface area contributed by atoms with Gasteiger partial charge in [0.25, 0.3) is 0 Å². The number of fused-ring (bicyclic) bond motifs is 1. The third-order valence-corrected chi connectivity index (χ3v) is 9.48. The topological polar surface area (TPSA) is 53.2 Å². The van der Waals surface area contributed by atoms with Crippen LogP contribution in [0, 0.1) is 5.82 Å². The second-order valence-corrected chi connectivity index (χ2v) is 12.1. The number of benzene rings is 3. The van der Waals surface area contributed by atoms with Crippen LogP contribution in [-0.2, 0) is 6.54 Å². The summed E-state index contributed by atoms with van der Waals surface area (Å²) in [5, 5.41) is 1.23. The van der Waals surface area contributed by atoms with E-state index < -0.39 is 23.1 Å². The second kappa shape index (κ2) is 10.7. The van der Waals surface area contributed by atoms with Gasteiger partial charge in [0.2, 0.25) is 0 Å². The molecule has 0 bridgehead atoms. The van der Waals surface area contributed by atoms with E-state index in [9.17, 15) is 9.59 Å². The molecule has 0 fully saturated rings. The summed E-state index contributed by atoms with van der Waals surface area (Å²) in [6.07, 6.45) is 0. The van der Waals surface area contributed by atoms with Crippen LogP contribution >= 0.6 is 35.0 Å². The molecule has 0 aliphatic carbocycles. The molecule has 0 saturated heterocycles. The molecule has 190 valence electrons. The molecule has 1 aromatic heterocycles. The Morgan fingerprint density at radius 1 is 1.05 bits per heavy atom. The van der Waals surface area contributed by atoms with E-state index in [0.717, 1.165) is 5.56 Å². The molecule has 4 aromatic rings. The zero-order valence-corrected chi connectivity index (χ0v) is 24.4. The van der Waals surface area contributed by atoms with Gasteiger partial charge in [-0.1, -0.05) is 0 Å². The Morgan fingerprint density at radius 2 is 1.73 bits per heavy atom. The van der Waals surface area contributed by atoms with Gasteiger partial charge in [0.15, 0.2) is 0 Å². The first-order valence-corrected chi connectivity index (χ1v) is 14.6. The summed E-state index contributed by atoms with van der Waals surface area (Å²) in [7, 11) is 1.37. The maximum absolute atomic E-state index is 15.5. The van der Waals surface area contributed by atoms with Crippen molar-refractivity contribution in [2.75, 3.05) is 12.9 Å². The van der Waals surface area contributed by atoms with Crippen molar-refractivity contribution in [2.45, 2.75) is 22.3 Å². The van der Waals surface area contributed by atoms with E-state index in [1.165, 1.54) is 57.0 Å². The first-order chi connectivity index (χ1) is 17.8. The van der Waals surface area contributed by atoms with Gasteiger partial charge in [-0.15, -0.1) is 0 Å². The average Bonchev–Trinajstić information content (AvgIpc) is 3.32. The molecule has 0 spiro atoms. The second-order valence-electron chi connectivity index (χ2n) is 8.55. The summed E-state index contributed by atoms with van der Waals surface area (Å²) >= 11 is 15.8. The Kier molecular flexibility index (Phi) is 7.60. The van der Waals surface area contributed by atoms with E-state index in [2.05, 4.69) is 0 Å². The van der Waals surface area contributed by atoms with E-state index in [0.29, 0.717) is 26.4 Å². The van der Waals surface area contributed by atoms with Crippen LogP contribution < -0.4 is 16.0 Å². The zero-order chi connectivity index (χ0) is 26.3. The molecule has 5 rings (SSSR count). The predicted octanol–water partition coefficient (Wildman–Crippen LogP) is 5.20. The van der Waals surface area contributed by atoms with Gasteiger partial charge in [0.05, 0.1) is 0 Å². The fourth-order valence-electron chi connectivity index (χ4n) is 4.60. The molecule has 37 heavy (non-hydrogen) atoms. The van der Waals surface area contributed by atoms with Crippen molar-refractivity contribution in [1.82, 2.24) is 9.13 Å². The number of aromatic nitrogens is 2. The maximum atomic E-state index is 15.5. The number of ether oxygens (including phenoxy) is 1. The van der Waals surface area contributed by atoms with Gasteiger partial charge in [0, 0.05) is 0 Å². The SMILES string of the molecule is COc1cccc(-c2c3n(c(=O)n(CC([AsH2])c4ccccc4)c2=O)C(c2c(Cl)cccc2Cl)CS3)c1F. The summed E-state index contributed by atoms with van der Waals surface area (Å²) in [6.45, 7) is 0.147. The number of methoxy groups -OCH3 is 1. The number of rotatable bonds is 6. The molecule has 1 aliphatic heterocycles. The minimum absolute atomic E-state index is 0.0167. The van der Waals surface area contributed by atoms with Crippen molar-refractivity contribution in [3.05, 3.63) is 115 Å². The van der Waals surface area contributed by atoms with Gasteiger partial charge in [-0.3, -0.25) is 0 Å². The Balaban J connectivity index is 1.78. The number of thioether (sulfide) groups is 1. The Labute approximate surface area is 235 Å². The molecule has 5 nitrogen and oxygen atoms in total. The fraction of sp³-hybridized carbons (Fsp3) is 0.185. The number of halogens is 3. The number of hydrogen-bond acceptors (Lipinski definition) is 4. The molecule has 3 unspecified atom stereocenters. The van der Waals surface area contributed by atoms with Crippen molar-refractivity contribution in [3.63, 3.8) is 0 Å². The zero-order valence-electron chi connectivity index (χ0n) is 19.7. The fourth-order valence-corrected chi connectivity index (χ4v) is 7.47. The first kappa shape index (κ1) is 26.2. The number of nitrogens with zero attached hydrogens (tertiary/aromatic N) is 2. The Morgan fingerprint density at radius 3 is 2.41 bits per heavy atom. The van der Waals surface area contributed by atoms with Crippen molar-refractivity contribution in [3.8, 4) is 16.9 Å². The van der Waals surface area contributed by atoms with Crippen molar-refractivity contribution < 1.29 is 9.13 Å². The summed E-state index contributed by atoms with van der Waals surface area (Å²) in [5.74, 6) is -0.225. The first-order valence-electron chi connectivity index (χ1n) is 11.4. The molecule has 2 heterocycles. The molecule has 3 aromatic carbocycles. The average molecular weight is 619 g/mol. The van der Waals surface area contributed by atoms with Crippen LogP contribution in [0.2, 0.25) is 10.0 Å². The minimum atomic E-state index is -0.657. The molecule has 10 heteroatoms. The monoisotopic (exact) mass is 618 g/mol.